The standard InChI is InChI=1S/C27H32O3/c1-16-12-18(3)23(19(4)13-16)24-22(30-26(29)27(5,6)7)15-21(25(24)28)14-20-11-9-8-10-17(20)2/h8-13,21H,14-15H2,1-7H3. The number of carbonyl (C=O) groups excluding carboxylic acids is 2. The van der Waals surface area contributed by atoms with Gasteiger partial charge in [0.15, 0.2) is 5.78 Å². The first-order valence-electron chi connectivity index (χ1n) is 10.6. The molecule has 0 saturated carbocycles. The van der Waals surface area contributed by atoms with Crippen molar-refractivity contribution in [1.29, 1.82) is 0 Å². The average molecular weight is 405 g/mol. The van der Waals surface area contributed by atoms with Gasteiger partial charge in [-0.2, -0.15) is 0 Å². The number of ketones is 1. The van der Waals surface area contributed by atoms with E-state index in [2.05, 4.69) is 38.1 Å². The van der Waals surface area contributed by atoms with Crippen LogP contribution in [0.15, 0.2) is 42.2 Å². The second-order valence-corrected chi connectivity index (χ2v) is 9.61. The highest BCUT2D eigenvalue weighted by atomic mass is 16.5. The largest absolute Gasteiger partial charge is 0.430 e. The predicted octanol–water partition coefficient (Wildman–Crippen LogP) is 6.05. The molecule has 0 aliphatic heterocycles. The quantitative estimate of drug-likeness (QED) is 0.582. The zero-order chi connectivity index (χ0) is 22.2. The summed E-state index contributed by atoms with van der Waals surface area (Å²) in [6.07, 6.45) is 1.10. The lowest BCUT2D eigenvalue weighted by Crippen LogP contribution is -2.22. The Labute approximate surface area is 180 Å². The van der Waals surface area contributed by atoms with Crippen molar-refractivity contribution in [3.8, 4) is 0 Å². The van der Waals surface area contributed by atoms with Gasteiger partial charge in [0.2, 0.25) is 0 Å². The van der Waals surface area contributed by atoms with Crippen molar-refractivity contribution < 1.29 is 14.3 Å². The number of esters is 1. The Morgan fingerprint density at radius 3 is 2.17 bits per heavy atom. The Morgan fingerprint density at radius 2 is 1.60 bits per heavy atom. The van der Waals surface area contributed by atoms with E-state index in [0.29, 0.717) is 24.2 Å². The average Bonchev–Trinajstić information content (AvgIpc) is 2.91. The SMILES string of the molecule is Cc1cc(C)c(C2=C(OC(=O)C(C)(C)C)CC(Cc3ccccc3C)C2=O)c(C)c1. The van der Waals surface area contributed by atoms with Crippen molar-refractivity contribution in [1.82, 2.24) is 0 Å². The molecule has 3 rings (SSSR count). The molecular formula is C27H32O3. The second kappa shape index (κ2) is 8.22. The van der Waals surface area contributed by atoms with Gasteiger partial charge < -0.3 is 4.74 Å². The van der Waals surface area contributed by atoms with E-state index < -0.39 is 5.41 Å². The van der Waals surface area contributed by atoms with Gasteiger partial charge in [0.05, 0.1) is 11.0 Å². The van der Waals surface area contributed by atoms with Crippen molar-refractivity contribution >= 4 is 17.3 Å². The summed E-state index contributed by atoms with van der Waals surface area (Å²) in [7, 11) is 0. The van der Waals surface area contributed by atoms with Crippen LogP contribution in [0, 0.1) is 39.0 Å². The first-order valence-corrected chi connectivity index (χ1v) is 10.6. The molecule has 0 saturated heterocycles. The van der Waals surface area contributed by atoms with Crippen LogP contribution in [-0.4, -0.2) is 11.8 Å². The number of hydrogen-bond donors (Lipinski definition) is 0. The Morgan fingerprint density at radius 1 is 1.00 bits per heavy atom. The first-order chi connectivity index (χ1) is 14.0. The fourth-order valence-corrected chi connectivity index (χ4v) is 4.22. The summed E-state index contributed by atoms with van der Waals surface area (Å²) in [4.78, 5) is 26.3. The molecule has 158 valence electrons. The van der Waals surface area contributed by atoms with Crippen LogP contribution in [0.25, 0.3) is 5.57 Å². The summed E-state index contributed by atoms with van der Waals surface area (Å²) in [5, 5.41) is 0. The molecule has 0 heterocycles. The van der Waals surface area contributed by atoms with E-state index in [1.165, 1.54) is 5.56 Å². The molecule has 0 spiro atoms. The van der Waals surface area contributed by atoms with Gasteiger partial charge in [0.1, 0.15) is 5.76 Å². The summed E-state index contributed by atoms with van der Waals surface area (Å²) >= 11 is 0. The van der Waals surface area contributed by atoms with Gasteiger partial charge in [-0.05, 0) is 82.7 Å². The summed E-state index contributed by atoms with van der Waals surface area (Å²) in [6.45, 7) is 13.7. The van der Waals surface area contributed by atoms with Crippen LogP contribution in [0.4, 0.5) is 0 Å². The third kappa shape index (κ3) is 4.40. The zero-order valence-corrected chi connectivity index (χ0v) is 19.2. The fraction of sp³-hybridized carbons (Fsp3) is 0.407. The smallest absolute Gasteiger partial charge is 0.316 e. The van der Waals surface area contributed by atoms with Crippen molar-refractivity contribution in [2.24, 2.45) is 11.3 Å². The van der Waals surface area contributed by atoms with E-state index >= 15 is 0 Å². The van der Waals surface area contributed by atoms with Gasteiger partial charge in [-0.15, -0.1) is 0 Å². The number of Topliss-reactive ketones (excluding diaryl/α,β-unsaturated/α-hetero) is 1. The zero-order valence-electron chi connectivity index (χ0n) is 19.2. The number of aryl methyl sites for hydroxylation is 4. The van der Waals surface area contributed by atoms with Gasteiger partial charge >= 0.3 is 5.97 Å². The molecular weight excluding hydrogens is 372 g/mol. The third-order valence-corrected chi connectivity index (χ3v) is 5.81. The molecule has 0 amide bonds. The van der Waals surface area contributed by atoms with E-state index in [-0.39, 0.29) is 17.7 Å². The maximum atomic E-state index is 13.6. The lowest BCUT2D eigenvalue weighted by molar-refractivity contribution is -0.148. The van der Waals surface area contributed by atoms with Gasteiger partial charge in [0, 0.05) is 12.3 Å². The van der Waals surface area contributed by atoms with E-state index in [1.807, 2.05) is 46.8 Å². The van der Waals surface area contributed by atoms with Crippen molar-refractivity contribution in [2.75, 3.05) is 0 Å². The van der Waals surface area contributed by atoms with E-state index in [9.17, 15) is 9.59 Å². The topological polar surface area (TPSA) is 43.4 Å². The van der Waals surface area contributed by atoms with Gasteiger partial charge in [0.25, 0.3) is 0 Å². The molecule has 1 unspecified atom stereocenters. The summed E-state index contributed by atoms with van der Waals surface area (Å²) in [5.74, 6) is 0.0734. The summed E-state index contributed by atoms with van der Waals surface area (Å²) in [6, 6.07) is 12.3. The highest BCUT2D eigenvalue weighted by molar-refractivity contribution is 6.25. The van der Waals surface area contributed by atoms with Gasteiger partial charge in [-0.3, -0.25) is 9.59 Å². The number of rotatable bonds is 4. The van der Waals surface area contributed by atoms with Crippen molar-refractivity contribution in [3.63, 3.8) is 0 Å². The monoisotopic (exact) mass is 404 g/mol. The summed E-state index contributed by atoms with van der Waals surface area (Å²) < 4.78 is 5.87. The molecule has 0 aromatic heterocycles. The number of ether oxygens (including phenoxy) is 1. The molecule has 1 aliphatic rings. The highest BCUT2D eigenvalue weighted by Crippen LogP contribution is 2.41. The Balaban J connectivity index is 2.05. The lowest BCUT2D eigenvalue weighted by atomic mass is 9.88. The summed E-state index contributed by atoms with van der Waals surface area (Å²) in [5.41, 5.74) is 6.44. The van der Waals surface area contributed by atoms with Gasteiger partial charge in [-0.1, -0.05) is 42.0 Å². The predicted molar refractivity (Wildman–Crippen MR) is 121 cm³/mol. The number of benzene rings is 2. The molecule has 0 N–H and O–H groups in total. The van der Waals surface area contributed by atoms with Crippen LogP contribution in [0.2, 0.25) is 0 Å². The van der Waals surface area contributed by atoms with Crippen LogP contribution in [0.1, 0.15) is 60.6 Å². The minimum atomic E-state index is -0.632. The van der Waals surface area contributed by atoms with E-state index in [1.54, 1.807) is 0 Å². The van der Waals surface area contributed by atoms with E-state index in [0.717, 1.165) is 27.8 Å². The maximum Gasteiger partial charge on any atom is 0.316 e. The number of allylic oxidation sites excluding steroid dienone is 2. The molecule has 0 radical (unpaired) electrons. The number of carbonyl (C=O) groups is 2. The normalized spacial score (nSPS) is 16.9. The van der Waals surface area contributed by atoms with Gasteiger partial charge in [-0.25, -0.2) is 0 Å². The highest BCUT2D eigenvalue weighted by Gasteiger charge is 2.38. The molecule has 2 aromatic rings. The van der Waals surface area contributed by atoms with Crippen LogP contribution in [0.3, 0.4) is 0 Å². The fourth-order valence-electron chi connectivity index (χ4n) is 4.22. The Kier molecular flexibility index (Phi) is 6.03. The van der Waals surface area contributed by atoms with Crippen molar-refractivity contribution in [2.45, 2.75) is 61.3 Å². The third-order valence-electron chi connectivity index (χ3n) is 5.81. The molecule has 0 bridgehead atoms. The van der Waals surface area contributed by atoms with Crippen LogP contribution >= 0.6 is 0 Å². The van der Waals surface area contributed by atoms with Crippen LogP contribution in [-0.2, 0) is 20.7 Å². The maximum absolute atomic E-state index is 13.6. The lowest BCUT2D eigenvalue weighted by Gasteiger charge is -2.18. The Hall–Kier alpha value is -2.68. The minimum Gasteiger partial charge on any atom is -0.430 e. The number of hydrogen-bond acceptors (Lipinski definition) is 3. The molecule has 3 heteroatoms. The molecule has 1 atom stereocenters. The molecule has 1 aliphatic carbocycles. The van der Waals surface area contributed by atoms with Crippen LogP contribution < -0.4 is 0 Å². The van der Waals surface area contributed by atoms with Crippen molar-refractivity contribution in [3.05, 3.63) is 75.5 Å². The van der Waals surface area contributed by atoms with Crippen LogP contribution in [0.5, 0.6) is 0 Å². The molecule has 30 heavy (non-hydrogen) atoms. The molecule has 2 aromatic carbocycles. The molecule has 3 nitrogen and oxygen atoms in total. The Bertz CT molecular complexity index is 1010. The van der Waals surface area contributed by atoms with E-state index in [4.69, 9.17) is 4.74 Å². The minimum absolute atomic E-state index is 0.0741. The second-order valence-electron chi connectivity index (χ2n) is 9.61. The first kappa shape index (κ1) is 22.0. The molecule has 0 fully saturated rings.